The van der Waals surface area contributed by atoms with Crippen LogP contribution in [0.2, 0.25) is 0 Å². The number of rotatable bonds is 5. The van der Waals surface area contributed by atoms with Gasteiger partial charge in [0, 0.05) is 12.0 Å². The zero-order chi connectivity index (χ0) is 14.6. The van der Waals surface area contributed by atoms with Crippen molar-refractivity contribution in [3.05, 3.63) is 34.1 Å². The van der Waals surface area contributed by atoms with E-state index >= 15 is 0 Å². The lowest BCUT2D eigenvalue weighted by molar-refractivity contribution is -0.386. The number of thiol groups is 1. The van der Waals surface area contributed by atoms with Crippen LogP contribution in [0.5, 0.6) is 5.75 Å². The van der Waals surface area contributed by atoms with Gasteiger partial charge in [-0.3, -0.25) is 10.1 Å². The average Bonchev–Trinajstić information content (AvgIpc) is 2.29. The van der Waals surface area contributed by atoms with Gasteiger partial charge in [0.2, 0.25) is 5.75 Å². The monoisotopic (exact) mass is 287 g/mol. The first-order valence-electron chi connectivity index (χ1n) is 5.94. The lowest BCUT2D eigenvalue weighted by atomic mass is 9.82. The van der Waals surface area contributed by atoms with Crippen LogP contribution in [0, 0.1) is 27.3 Å². The van der Waals surface area contributed by atoms with Crippen LogP contribution >= 0.6 is 12.6 Å². The molecule has 0 radical (unpaired) electrons. The maximum atomic E-state index is 13.6. The van der Waals surface area contributed by atoms with Crippen LogP contribution in [-0.2, 0) is 0 Å². The first-order chi connectivity index (χ1) is 8.77. The van der Waals surface area contributed by atoms with Crippen LogP contribution in [0.4, 0.5) is 10.1 Å². The molecule has 6 heteroatoms. The SMILES string of the molecule is CC(C)(C)C(CS)COc1c(F)cccc1[N+](=O)[O-]. The fourth-order valence-electron chi connectivity index (χ4n) is 1.54. The molecule has 1 aromatic rings. The summed E-state index contributed by atoms with van der Waals surface area (Å²) >= 11 is 4.24. The van der Waals surface area contributed by atoms with Crippen LogP contribution in [0.1, 0.15) is 20.8 Å². The van der Waals surface area contributed by atoms with Crippen molar-refractivity contribution in [3.63, 3.8) is 0 Å². The van der Waals surface area contributed by atoms with Crippen molar-refractivity contribution < 1.29 is 14.1 Å². The Morgan fingerprint density at radius 3 is 2.58 bits per heavy atom. The van der Waals surface area contributed by atoms with Crippen molar-refractivity contribution in [2.24, 2.45) is 11.3 Å². The van der Waals surface area contributed by atoms with Gasteiger partial charge in [0.25, 0.3) is 0 Å². The first-order valence-corrected chi connectivity index (χ1v) is 6.57. The van der Waals surface area contributed by atoms with Crippen molar-refractivity contribution >= 4 is 18.3 Å². The maximum Gasteiger partial charge on any atom is 0.314 e. The second-order valence-electron chi connectivity index (χ2n) is 5.40. The van der Waals surface area contributed by atoms with Gasteiger partial charge in [-0.05, 0) is 17.2 Å². The van der Waals surface area contributed by atoms with Crippen LogP contribution in [-0.4, -0.2) is 17.3 Å². The van der Waals surface area contributed by atoms with E-state index in [-0.39, 0.29) is 29.4 Å². The smallest absolute Gasteiger partial charge is 0.314 e. The Balaban J connectivity index is 2.91. The molecule has 4 nitrogen and oxygen atoms in total. The van der Waals surface area contributed by atoms with E-state index in [4.69, 9.17) is 4.74 Å². The summed E-state index contributed by atoms with van der Waals surface area (Å²) < 4.78 is 19.0. The highest BCUT2D eigenvalue weighted by molar-refractivity contribution is 7.80. The summed E-state index contributed by atoms with van der Waals surface area (Å²) in [4.78, 5) is 10.2. The van der Waals surface area contributed by atoms with Crippen LogP contribution < -0.4 is 4.74 Å². The molecule has 106 valence electrons. The van der Waals surface area contributed by atoms with Gasteiger partial charge in [0.05, 0.1) is 11.5 Å². The number of nitrogens with zero attached hydrogens (tertiary/aromatic N) is 1. The Hall–Kier alpha value is -1.30. The molecule has 0 N–H and O–H groups in total. The zero-order valence-corrected chi connectivity index (χ0v) is 12.1. The minimum Gasteiger partial charge on any atom is -0.484 e. The maximum absolute atomic E-state index is 13.6. The first kappa shape index (κ1) is 15.8. The molecule has 0 aromatic heterocycles. The van der Waals surface area contributed by atoms with Crippen molar-refractivity contribution in [3.8, 4) is 5.75 Å². The fourth-order valence-corrected chi connectivity index (χ4v) is 2.20. The Labute approximate surface area is 117 Å². The Morgan fingerprint density at radius 1 is 1.47 bits per heavy atom. The van der Waals surface area contributed by atoms with E-state index in [9.17, 15) is 14.5 Å². The molecule has 0 aliphatic heterocycles. The summed E-state index contributed by atoms with van der Waals surface area (Å²) in [6.07, 6.45) is 0. The summed E-state index contributed by atoms with van der Waals surface area (Å²) in [7, 11) is 0. The lowest BCUT2D eigenvalue weighted by Gasteiger charge is -2.29. The molecule has 1 unspecified atom stereocenters. The number of benzene rings is 1. The van der Waals surface area contributed by atoms with Crippen LogP contribution in [0.15, 0.2) is 18.2 Å². The minimum absolute atomic E-state index is 0.0649. The molecule has 0 spiro atoms. The molecule has 0 heterocycles. The van der Waals surface area contributed by atoms with Crippen molar-refractivity contribution in [1.82, 2.24) is 0 Å². The fraction of sp³-hybridized carbons (Fsp3) is 0.538. The van der Waals surface area contributed by atoms with Crippen molar-refractivity contribution in [2.45, 2.75) is 20.8 Å². The summed E-state index contributed by atoms with van der Waals surface area (Å²) in [5.74, 6) is -0.397. The van der Waals surface area contributed by atoms with Crippen molar-refractivity contribution in [2.75, 3.05) is 12.4 Å². The predicted molar refractivity (Wildman–Crippen MR) is 75.3 cm³/mol. The summed E-state index contributed by atoms with van der Waals surface area (Å²) in [6.45, 7) is 6.25. The topological polar surface area (TPSA) is 52.4 Å². The van der Waals surface area contributed by atoms with Gasteiger partial charge < -0.3 is 4.74 Å². The van der Waals surface area contributed by atoms with E-state index in [1.807, 2.05) is 20.8 Å². The zero-order valence-electron chi connectivity index (χ0n) is 11.2. The third-order valence-corrected chi connectivity index (χ3v) is 3.46. The quantitative estimate of drug-likeness (QED) is 0.510. The second kappa shape index (κ2) is 6.23. The molecule has 0 fully saturated rings. The predicted octanol–water partition coefficient (Wildman–Crippen LogP) is 3.70. The van der Waals surface area contributed by atoms with Gasteiger partial charge in [-0.1, -0.05) is 26.8 Å². The Morgan fingerprint density at radius 2 is 2.11 bits per heavy atom. The van der Waals surface area contributed by atoms with Crippen LogP contribution in [0.3, 0.4) is 0 Å². The molecule has 0 aliphatic carbocycles. The standard InChI is InChI=1S/C13H18FNO3S/c1-13(2,3)9(8-19)7-18-12-10(14)5-4-6-11(12)15(16)17/h4-6,9,19H,7-8H2,1-3H3. The van der Waals surface area contributed by atoms with Gasteiger partial charge in [-0.15, -0.1) is 0 Å². The molecule has 0 aliphatic rings. The molecule has 19 heavy (non-hydrogen) atoms. The molecule has 1 rings (SSSR count). The third kappa shape index (κ3) is 4.09. The number of halogens is 1. The van der Waals surface area contributed by atoms with E-state index in [0.717, 1.165) is 6.07 Å². The number of hydrogen-bond acceptors (Lipinski definition) is 4. The Bertz CT molecular complexity index is 460. The number of hydrogen-bond donors (Lipinski definition) is 1. The van der Waals surface area contributed by atoms with Crippen LogP contribution in [0.25, 0.3) is 0 Å². The van der Waals surface area contributed by atoms with Gasteiger partial charge in [0.1, 0.15) is 0 Å². The summed E-state index contributed by atoms with van der Waals surface area (Å²) in [5, 5.41) is 10.8. The van der Waals surface area contributed by atoms with Gasteiger partial charge >= 0.3 is 5.69 Å². The summed E-state index contributed by atoms with van der Waals surface area (Å²) in [6, 6.07) is 3.67. The van der Waals surface area contributed by atoms with Gasteiger partial charge in [-0.25, -0.2) is 4.39 Å². The van der Waals surface area contributed by atoms with E-state index in [0.29, 0.717) is 5.75 Å². The highest BCUT2D eigenvalue weighted by atomic mass is 32.1. The molecular formula is C13H18FNO3S. The van der Waals surface area contributed by atoms with E-state index < -0.39 is 10.7 Å². The minimum atomic E-state index is -0.721. The molecular weight excluding hydrogens is 269 g/mol. The molecule has 0 amide bonds. The third-order valence-electron chi connectivity index (χ3n) is 3.02. The number of nitro benzene ring substituents is 1. The molecule has 0 bridgehead atoms. The van der Waals surface area contributed by atoms with Crippen molar-refractivity contribution in [1.29, 1.82) is 0 Å². The highest BCUT2D eigenvalue weighted by Gasteiger charge is 2.26. The van der Waals surface area contributed by atoms with Gasteiger partial charge in [-0.2, -0.15) is 12.6 Å². The van der Waals surface area contributed by atoms with E-state index in [1.165, 1.54) is 12.1 Å². The molecule has 1 aromatic carbocycles. The highest BCUT2D eigenvalue weighted by Crippen LogP contribution is 2.32. The number of para-hydroxylation sites is 1. The second-order valence-corrected chi connectivity index (χ2v) is 5.77. The molecule has 1 atom stereocenters. The summed E-state index contributed by atoms with van der Waals surface area (Å²) in [5.41, 5.74) is -0.422. The Kier molecular flexibility index (Phi) is 5.17. The molecule has 0 saturated heterocycles. The van der Waals surface area contributed by atoms with Gasteiger partial charge in [0.15, 0.2) is 5.82 Å². The van der Waals surface area contributed by atoms with E-state index in [1.54, 1.807) is 0 Å². The van der Waals surface area contributed by atoms with E-state index in [2.05, 4.69) is 12.6 Å². The average molecular weight is 287 g/mol. The normalized spacial score (nSPS) is 13.1. The largest absolute Gasteiger partial charge is 0.484 e. The number of nitro groups is 1. The number of ether oxygens (including phenoxy) is 1. The lowest BCUT2D eigenvalue weighted by Crippen LogP contribution is -2.28. The molecule has 0 saturated carbocycles.